The maximum atomic E-state index is 13.6. The lowest BCUT2D eigenvalue weighted by Gasteiger charge is -2.47. The van der Waals surface area contributed by atoms with Gasteiger partial charge in [-0.1, -0.05) is 62.7 Å². The summed E-state index contributed by atoms with van der Waals surface area (Å²) in [6.45, 7) is 14.2. The Morgan fingerprint density at radius 2 is 1.51 bits per heavy atom. The van der Waals surface area contributed by atoms with E-state index in [2.05, 4.69) is 83.1 Å². The second kappa shape index (κ2) is 15.2. The Labute approximate surface area is 259 Å². The molecule has 0 bridgehead atoms. The van der Waals surface area contributed by atoms with Gasteiger partial charge in [0, 0.05) is 58.7 Å². The molecule has 234 valence electrons. The van der Waals surface area contributed by atoms with Crippen LogP contribution >= 0.6 is 0 Å². The zero-order valence-electron chi connectivity index (χ0n) is 26.6. The van der Waals surface area contributed by atoms with E-state index in [0.29, 0.717) is 18.3 Å². The molecule has 2 aromatic carbocycles. The number of nitrogens with zero attached hydrogens (tertiary/aromatic N) is 4. The molecule has 2 atom stereocenters. The van der Waals surface area contributed by atoms with Gasteiger partial charge in [-0.05, 0) is 73.9 Å². The molecular formula is C36H52N4O3. The SMILES string of the molecule is CC(=O)N1CCC(CC(=O)N2CCN(C(c3ccccc3)c3ccc(OCCN4CCCCC4)cc3)C[C@@H]2C(C)C)CC1. The number of piperidine rings is 2. The highest BCUT2D eigenvalue weighted by molar-refractivity contribution is 5.77. The summed E-state index contributed by atoms with van der Waals surface area (Å²) in [6, 6.07) is 19.8. The van der Waals surface area contributed by atoms with Crippen molar-refractivity contribution in [2.75, 3.05) is 59.0 Å². The summed E-state index contributed by atoms with van der Waals surface area (Å²) in [4.78, 5) is 34.5. The van der Waals surface area contributed by atoms with Crippen molar-refractivity contribution >= 4 is 11.8 Å². The fraction of sp³-hybridized carbons (Fsp3) is 0.611. The van der Waals surface area contributed by atoms with Crippen LogP contribution in [0.2, 0.25) is 0 Å². The van der Waals surface area contributed by atoms with Crippen LogP contribution in [0.25, 0.3) is 0 Å². The van der Waals surface area contributed by atoms with Crippen LogP contribution in [0, 0.1) is 11.8 Å². The second-order valence-electron chi connectivity index (χ2n) is 13.2. The van der Waals surface area contributed by atoms with Gasteiger partial charge in [-0.15, -0.1) is 0 Å². The average Bonchev–Trinajstić information content (AvgIpc) is 3.03. The Hall–Kier alpha value is -2.90. The fourth-order valence-corrected chi connectivity index (χ4v) is 7.23. The minimum Gasteiger partial charge on any atom is -0.492 e. The summed E-state index contributed by atoms with van der Waals surface area (Å²) in [5.41, 5.74) is 2.54. The van der Waals surface area contributed by atoms with Crippen LogP contribution in [0.15, 0.2) is 54.6 Å². The first kappa shape index (κ1) is 31.5. The predicted molar refractivity (Wildman–Crippen MR) is 172 cm³/mol. The molecule has 43 heavy (non-hydrogen) atoms. The fourth-order valence-electron chi connectivity index (χ4n) is 7.23. The van der Waals surface area contributed by atoms with Gasteiger partial charge in [0.25, 0.3) is 0 Å². The molecular weight excluding hydrogens is 536 g/mol. The second-order valence-corrected chi connectivity index (χ2v) is 13.2. The molecule has 3 aliphatic rings. The van der Waals surface area contributed by atoms with Gasteiger partial charge in [0.05, 0.1) is 6.04 Å². The molecule has 1 unspecified atom stereocenters. The number of ether oxygens (including phenoxy) is 1. The molecule has 0 N–H and O–H groups in total. The molecule has 0 aliphatic carbocycles. The number of hydrogen-bond acceptors (Lipinski definition) is 5. The van der Waals surface area contributed by atoms with E-state index >= 15 is 0 Å². The Balaban J connectivity index is 1.24. The van der Waals surface area contributed by atoms with E-state index in [0.717, 1.165) is 64.5 Å². The van der Waals surface area contributed by atoms with E-state index < -0.39 is 0 Å². The van der Waals surface area contributed by atoms with Gasteiger partial charge in [0.1, 0.15) is 12.4 Å². The van der Waals surface area contributed by atoms with Crippen molar-refractivity contribution in [3.63, 3.8) is 0 Å². The van der Waals surface area contributed by atoms with Crippen LogP contribution < -0.4 is 4.74 Å². The maximum Gasteiger partial charge on any atom is 0.223 e. The van der Waals surface area contributed by atoms with E-state index in [4.69, 9.17) is 4.74 Å². The zero-order valence-corrected chi connectivity index (χ0v) is 26.6. The number of carbonyl (C=O) groups is 2. The first-order valence-electron chi connectivity index (χ1n) is 16.7. The lowest BCUT2D eigenvalue weighted by Crippen LogP contribution is -2.58. The molecule has 3 fully saturated rings. The van der Waals surface area contributed by atoms with Crippen LogP contribution in [0.1, 0.15) is 76.5 Å². The topological polar surface area (TPSA) is 56.3 Å². The number of piperazine rings is 1. The highest BCUT2D eigenvalue weighted by Gasteiger charge is 2.37. The van der Waals surface area contributed by atoms with E-state index in [1.807, 2.05) is 4.90 Å². The summed E-state index contributed by atoms with van der Waals surface area (Å²) >= 11 is 0. The average molecular weight is 589 g/mol. The van der Waals surface area contributed by atoms with Crippen LogP contribution in [-0.2, 0) is 9.59 Å². The number of rotatable bonds is 10. The molecule has 0 radical (unpaired) electrons. The molecule has 3 saturated heterocycles. The monoisotopic (exact) mass is 588 g/mol. The molecule has 5 rings (SSSR count). The largest absolute Gasteiger partial charge is 0.492 e. The van der Waals surface area contributed by atoms with Gasteiger partial charge in [-0.25, -0.2) is 0 Å². The van der Waals surface area contributed by atoms with Crippen molar-refractivity contribution in [2.24, 2.45) is 11.8 Å². The van der Waals surface area contributed by atoms with E-state index in [9.17, 15) is 9.59 Å². The van der Waals surface area contributed by atoms with Crippen molar-refractivity contribution in [1.29, 1.82) is 0 Å². The number of likely N-dealkylation sites (tertiary alicyclic amines) is 2. The standard InChI is InChI=1S/C36H52N4O3/c1-28(2)34-27-39(22-23-40(34)35(42)26-30-16-20-38(21-17-30)29(3)41)36(31-10-6-4-7-11-31)32-12-14-33(15-13-32)43-25-24-37-18-8-5-9-19-37/h4,6-7,10-15,28,30,34,36H,5,8-9,16-27H2,1-3H3/t34-,36?/m1/s1. The Morgan fingerprint density at radius 3 is 2.16 bits per heavy atom. The van der Waals surface area contributed by atoms with Crippen LogP contribution in [-0.4, -0.2) is 96.4 Å². The van der Waals surface area contributed by atoms with Crippen LogP contribution in [0.5, 0.6) is 5.75 Å². The minimum absolute atomic E-state index is 0.123. The summed E-state index contributed by atoms with van der Waals surface area (Å²) in [5.74, 6) is 2.08. The third-order valence-electron chi connectivity index (χ3n) is 9.86. The highest BCUT2D eigenvalue weighted by atomic mass is 16.5. The van der Waals surface area contributed by atoms with Gasteiger partial charge >= 0.3 is 0 Å². The summed E-state index contributed by atoms with van der Waals surface area (Å²) in [6.07, 6.45) is 6.40. The zero-order chi connectivity index (χ0) is 30.2. The molecule has 0 aromatic heterocycles. The first-order chi connectivity index (χ1) is 20.9. The Kier molecular flexibility index (Phi) is 11.1. The number of carbonyl (C=O) groups excluding carboxylic acids is 2. The molecule has 7 nitrogen and oxygen atoms in total. The normalized spacial score (nSPS) is 21.6. The summed E-state index contributed by atoms with van der Waals surface area (Å²) in [5, 5.41) is 0. The predicted octanol–water partition coefficient (Wildman–Crippen LogP) is 5.46. The molecule has 3 heterocycles. The molecule has 0 spiro atoms. The number of benzene rings is 2. The smallest absolute Gasteiger partial charge is 0.223 e. The van der Waals surface area contributed by atoms with Crippen molar-refractivity contribution in [2.45, 2.75) is 71.4 Å². The van der Waals surface area contributed by atoms with E-state index in [1.54, 1.807) is 6.92 Å². The Bertz CT molecular complexity index is 1160. The minimum atomic E-state index is 0.123. The van der Waals surface area contributed by atoms with Crippen molar-refractivity contribution in [3.8, 4) is 5.75 Å². The third kappa shape index (κ3) is 8.39. The third-order valence-corrected chi connectivity index (χ3v) is 9.86. The van der Waals surface area contributed by atoms with Gasteiger partial charge in [0.2, 0.25) is 11.8 Å². The molecule has 0 saturated carbocycles. The first-order valence-corrected chi connectivity index (χ1v) is 16.7. The highest BCUT2D eigenvalue weighted by Crippen LogP contribution is 2.34. The van der Waals surface area contributed by atoms with Crippen LogP contribution in [0.4, 0.5) is 0 Å². The lowest BCUT2D eigenvalue weighted by atomic mass is 9.90. The van der Waals surface area contributed by atoms with Gasteiger partial charge < -0.3 is 14.5 Å². The maximum absolute atomic E-state index is 13.6. The van der Waals surface area contributed by atoms with E-state index in [1.165, 1.54) is 43.5 Å². The molecule has 7 heteroatoms. The van der Waals surface area contributed by atoms with Crippen molar-refractivity contribution in [3.05, 3.63) is 65.7 Å². The summed E-state index contributed by atoms with van der Waals surface area (Å²) in [7, 11) is 0. The number of hydrogen-bond donors (Lipinski definition) is 0. The van der Waals surface area contributed by atoms with Gasteiger partial charge in [-0.3, -0.25) is 19.4 Å². The van der Waals surface area contributed by atoms with Crippen LogP contribution in [0.3, 0.4) is 0 Å². The Morgan fingerprint density at radius 1 is 0.837 bits per heavy atom. The van der Waals surface area contributed by atoms with Gasteiger partial charge in [-0.2, -0.15) is 0 Å². The number of amides is 2. The quantitative estimate of drug-likeness (QED) is 0.369. The molecule has 3 aliphatic heterocycles. The van der Waals surface area contributed by atoms with Gasteiger partial charge in [0.15, 0.2) is 0 Å². The van der Waals surface area contributed by atoms with Crippen molar-refractivity contribution in [1.82, 2.24) is 19.6 Å². The molecule has 2 aromatic rings. The van der Waals surface area contributed by atoms with E-state index in [-0.39, 0.29) is 23.9 Å². The van der Waals surface area contributed by atoms with Crippen molar-refractivity contribution < 1.29 is 14.3 Å². The molecule has 2 amide bonds. The summed E-state index contributed by atoms with van der Waals surface area (Å²) < 4.78 is 6.14. The lowest BCUT2D eigenvalue weighted by molar-refractivity contribution is -0.139.